The third-order valence-corrected chi connectivity index (χ3v) is 1.57. The van der Waals surface area contributed by atoms with Gasteiger partial charge in [0.05, 0.1) is 5.92 Å². The van der Waals surface area contributed by atoms with Crippen LogP contribution in [0.2, 0.25) is 0 Å². The average Bonchev–Trinajstić information content (AvgIpc) is 2.05. The first kappa shape index (κ1) is 7.79. The highest BCUT2D eigenvalue weighted by Gasteiger charge is 2.11. The third-order valence-electron chi connectivity index (χ3n) is 1.57. The van der Waals surface area contributed by atoms with Crippen LogP contribution in [-0.2, 0) is 4.79 Å². The fraction of sp³-hybridized carbons (Fsp3) is 0.222. The maximum atomic E-state index is 10.5. The van der Waals surface area contributed by atoms with Crippen molar-refractivity contribution in [3.63, 3.8) is 0 Å². The fourth-order valence-electron chi connectivity index (χ4n) is 0.810. The van der Waals surface area contributed by atoms with Crippen LogP contribution >= 0.6 is 0 Å². The monoisotopic (exact) mass is 149 g/mol. The Morgan fingerprint density at radius 1 is 1.64 bits per heavy atom. The number of carboxylic acids is 1. The van der Waals surface area contributed by atoms with Gasteiger partial charge < -0.3 is 5.11 Å². The van der Waals surface area contributed by atoms with Crippen molar-refractivity contribution in [2.75, 3.05) is 0 Å². The number of hydrogen-bond donors (Lipinski definition) is 1. The van der Waals surface area contributed by atoms with Crippen molar-refractivity contribution >= 4 is 5.97 Å². The van der Waals surface area contributed by atoms with Gasteiger partial charge in [-0.25, -0.2) is 0 Å². The summed E-state index contributed by atoms with van der Waals surface area (Å²) in [5, 5.41) is 8.62. The molecule has 1 radical (unpaired) electrons. The van der Waals surface area contributed by atoms with E-state index in [1.807, 2.05) is 12.1 Å². The molecule has 1 atom stereocenters. The molecule has 1 aromatic rings. The topological polar surface area (TPSA) is 37.3 Å². The van der Waals surface area contributed by atoms with Crippen molar-refractivity contribution in [1.29, 1.82) is 0 Å². The van der Waals surface area contributed by atoms with Crippen LogP contribution in [0.1, 0.15) is 18.4 Å². The highest BCUT2D eigenvalue weighted by Crippen LogP contribution is 2.12. The molecule has 0 aliphatic rings. The highest BCUT2D eigenvalue weighted by molar-refractivity contribution is 5.75. The molecule has 2 nitrogen and oxygen atoms in total. The van der Waals surface area contributed by atoms with Crippen LogP contribution in [0.5, 0.6) is 0 Å². The van der Waals surface area contributed by atoms with E-state index < -0.39 is 11.9 Å². The van der Waals surface area contributed by atoms with Crippen molar-refractivity contribution in [3.8, 4) is 0 Å². The second-order valence-corrected chi connectivity index (χ2v) is 2.38. The van der Waals surface area contributed by atoms with Gasteiger partial charge in [-0.15, -0.1) is 0 Å². The Hall–Kier alpha value is -1.31. The van der Waals surface area contributed by atoms with E-state index in [2.05, 4.69) is 6.07 Å². The summed E-state index contributed by atoms with van der Waals surface area (Å²) in [4.78, 5) is 10.5. The Labute approximate surface area is 65.5 Å². The Morgan fingerprint density at radius 3 is 2.82 bits per heavy atom. The van der Waals surface area contributed by atoms with Gasteiger partial charge in [-0.05, 0) is 18.6 Å². The molecule has 11 heavy (non-hydrogen) atoms. The smallest absolute Gasteiger partial charge is 0.310 e. The molecule has 0 aromatic heterocycles. The molecule has 0 aliphatic carbocycles. The predicted molar refractivity (Wildman–Crippen MR) is 41.3 cm³/mol. The lowest BCUT2D eigenvalue weighted by Gasteiger charge is -2.03. The summed E-state index contributed by atoms with van der Waals surface area (Å²) in [6, 6.07) is 9.98. The van der Waals surface area contributed by atoms with Crippen LogP contribution in [0.25, 0.3) is 0 Å². The molecule has 57 valence electrons. The van der Waals surface area contributed by atoms with E-state index in [0.29, 0.717) is 0 Å². The van der Waals surface area contributed by atoms with Crippen molar-refractivity contribution < 1.29 is 9.90 Å². The average molecular weight is 149 g/mol. The van der Waals surface area contributed by atoms with E-state index in [1.54, 1.807) is 19.1 Å². The fourth-order valence-corrected chi connectivity index (χ4v) is 0.810. The van der Waals surface area contributed by atoms with Crippen LogP contribution in [0.15, 0.2) is 24.3 Å². The van der Waals surface area contributed by atoms with E-state index in [0.717, 1.165) is 5.56 Å². The van der Waals surface area contributed by atoms with Gasteiger partial charge in [-0.3, -0.25) is 4.79 Å². The minimum absolute atomic E-state index is 0.462. The minimum atomic E-state index is -0.813. The van der Waals surface area contributed by atoms with E-state index >= 15 is 0 Å². The molecule has 0 saturated carbocycles. The lowest BCUT2D eigenvalue weighted by molar-refractivity contribution is -0.138. The van der Waals surface area contributed by atoms with Gasteiger partial charge in [0.2, 0.25) is 0 Å². The summed E-state index contributed by atoms with van der Waals surface area (Å²) in [6.07, 6.45) is 0. The van der Waals surface area contributed by atoms with Gasteiger partial charge in [0.1, 0.15) is 0 Å². The molecule has 1 aromatic carbocycles. The zero-order chi connectivity index (χ0) is 8.27. The van der Waals surface area contributed by atoms with Crippen molar-refractivity contribution in [1.82, 2.24) is 0 Å². The Balaban J connectivity index is 2.85. The molecular weight excluding hydrogens is 140 g/mol. The van der Waals surface area contributed by atoms with Gasteiger partial charge in [-0.2, -0.15) is 0 Å². The highest BCUT2D eigenvalue weighted by atomic mass is 16.4. The second-order valence-electron chi connectivity index (χ2n) is 2.38. The van der Waals surface area contributed by atoms with Gasteiger partial charge >= 0.3 is 5.97 Å². The summed E-state index contributed by atoms with van der Waals surface area (Å²) in [5.41, 5.74) is 0.722. The molecule has 1 unspecified atom stereocenters. The summed E-state index contributed by atoms with van der Waals surface area (Å²) in [7, 11) is 0. The normalized spacial score (nSPS) is 12.5. The predicted octanol–water partition coefficient (Wildman–Crippen LogP) is 1.67. The first-order valence-electron chi connectivity index (χ1n) is 3.41. The lowest BCUT2D eigenvalue weighted by atomic mass is 10.0. The molecule has 2 heteroatoms. The maximum absolute atomic E-state index is 10.5. The van der Waals surface area contributed by atoms with Gasteiger partial charge in [0.15, 0.2) is 0 Å². The molecule has 0 bridgehead atoms. The van der Waals surface area contributed by atoms with Gasteiger partial charge in [-0.1, -0.05) is 24.3 Å². The molecule has 1 rings (SSSR count). The Bertz CT molecular complexity index is 241. The number of rotatable bonds is 2. The van der Waals surface area contributed by atoms with Crippen molar-refractivity contribution in [2.45, 2.75) is 12.8 Å². The molecule has 0 spiro atoms. The molecule has 0 heterocycles. The summed E-state index contributed by atoms with van der Waals surface area (Å²) >= 11 is 0. The Kier molecular flexibility index (Phi) is 2.26. The largest absolute Gasteiger partial charge is 0.481 e. The zero-order valence-electron chi connectivity index (χ0n) is 6.24. The first-order valence-corrected chi connectivity index (χ1v) is 3.41. The molecule has 1 N–H and O–H groups in total. The summed E-state index contributed by atoms with van der Waals surface area (Å²) < 4.78 is 0. The van der Waals surface area contributed by atoms with Crippen molar-refractivity contribution in [2.24, 2.45) is 0 Å². The van der Waals surface area contributed by atoms with Crippen LogP contribution < -0.4 is 0 Å². The first-order chi connectivity index (χ1) is 5.22. The number of benzene rings is 1. The van der Waals surface area contributed by atoms with Crippen LogP contribution in [0.3, 0.4) is 0 Å². The Morgan fingerprint density at radius 2 is 2.36 bits per heavy atom. The lowest BCUT2D eigenvalue weighted by Crippen LogP contribution is -2.06. The second kappa shape index (κ2) is 3.19. The van der Waals surface area contributed by atoms with Gasteiger partial charge in [0, 0.05) is 0 Å². The molecule has 0 fully saturated rings. The van der Waals surface area contributed by atoms with Crippen molar-refractivity contribution in [3.05, 3.63) is 35.9 Å². The van der Waals surface area contributed by atoms with Gasteiger partial charge in [0.25, 0.3) is 0 Å². The minimum Gasteiger partial charge on any atom is -0.481 e. The summed E-state index contributed by atoms with van der Waals surface area (Å²) in [5.74, 6) is -1.27. The molecule has 0 saturated heterocycles. The number of carboxylic acid groups (broad SMARTS) is 1. The molecule has 0 amide bonds. The molecular formula is C9H9O2. The van der Waals surface area contributed by atoms with E-state index in [9.17, 15) is 4.79 Å². The SMILES string of the molecule is CC(C(=O)O)c1[c]cccc1. The van der Waals surface area contributed by atoms with E-state index in [-0.39, 0.29) is 0 Å². The maximum Gasteiger partial charge on any atom is 0.310 e. The van der Waals surface area contributed by atoms with E-state index in [4.69, 9.17) is 5.11 Å². The quantitative estimate of drug-likeness (QED) is 0.694. The van der Waals surface area contributed by atoms with Crippen LogP contribution in [0.4, 0.5) is 0 Å². The van der Waals surface area contributed by atoms with E-state index in [1.165, 1.54) is 0 Å². The molecule has 0 aliphatic heterocycles. The number of hydrogen-bond acceptors (Lipinski definition) is 1. The third kappa shape index (κ3) is 1.80. The van der Waals surface area contributed by atoms with Crippen LogP contribution in [-0.4, -0.2) is 11.1 Å². The zero-order valence-corrected chi connectivity index (χ0v) is 6.24. The number of aliphatic carboxylic acids is 1. The summed E-state index contributed by atoms with van der Waals surface area (Å²) in [6.45, 7) is 1.65. The number of carbonyl (C=O) groups is 1. The van der Waals surface area contributed by atoms with Crippen LogP contribution in [0, 0.1) is 6.07 Å². The standard InChI is InChI=1S/C9H9O2/c1-7(9(10)11)8-5-3-2-4-6-8/h2-5,7H,1H3,(H,10,11).